The molecule has 1 fully saturated rings. The van der Waals surface area contributed by atoms with E-state index in [-0.39, 0.29) is 18.1 Å². The quantitative estimate of drug-likeness (QED) is 0.797. The minimum Gasteiger partial charge on any atom is -0.506 e. The molecule has 90 valence electrons. The van der Waals surface area contributed by atoms with Crippen LogP contribution >= 0.6 is 0 Å². The van der Waals surface area contributed by atoms with Gasteiger partial charge in [-0.3, -0.25) is 10.2 Å². The molecular formula is C13H11N3O2. The first-order valence-electron chi connectivity index (χ1n) is 5.51. The number of aromatic nitrogens is 1. The number of fused-ring (bicyclic) bond motifs is 1. The van der Waals surface area contributed by atoms with Crippen molar-refractivity contribution in [1.29, 1.82) is 0 Å². The van der Waals surface area contributed by atoms with Gasteiger partial charge < -0.3 is 5.11 Å². The van der Waals surface area contributed by atoms with E-state index in [0.29, 0.717) is 17.0 Å². The van der Waals surface area contributed by atoms with Crippen molar-refractivity contribution in [2.24, 2.45) is 0 Å². The number of phenolic OH excluding ortho intramolecular Hbond substituents is 1. The van der Waals surface area contributed by atoms with Gasteiger partial charge in [-0.2, -0.15) is 0 Å². The summed E-state index contributed by atoms with van der Waals surface area (Å²) in [5.41, 5.74) is 3.96. The first-order chi connectivity index (χ1) is 8.65. The number of anilines is 1. The molecule has 0 radical (unpaired) electrons. The third-order valence-corrected chi connectivity index (χ3v) is 2.80. The predicted octanol–water partition coefficient (Wildman–Crippen LogP) is 1.70. The summed E-state index contributed by atoms with van der Waals surface area (Å²) in [5, 5.41) is 11.9. The predicted molar refractivity (Wildman–Crippen MR) is 67.8 cm³/mol. The second-order valence-electron chi connectivity index (χ2n) is 4.14. The summed E-state index contributed by atoms with van der Waals surface area (Å²) in [6, 6.07) is 8.71. The molecule has 0 aliphatic carbocycles. The van der Waals surface area contributed by atoms with Crippen molar-refractivity contribution in [2.45, 2.75) is 6.42 Å². The third-order valence-electron chi connectivity index (χ3n) is 2.80. The fourth-order valence-electron chi connectivity index (χ4n) is 1.95. The van der Waals surface area contributed by atoms with Crippen molar-refractivity contribution < 1.29 is 9.90 Å². The molecule has 5 nitrogen and oxygen atoms in total. The van der Waals surface area contributed by atoms with Crippen molar-refractivity contribution in [2.75, 3.05) is 5.01 Å². The van der Waals surface area contributed by atoms with Crippen molar-refractivity contribution in [3.63, 3.8) is 0 Å². The summed E-state index contributed by atoms with van der Waals surface area (Å²) in [6.07, 6.45) is 0.264. The smallest absolute Gasteiger partial charge is 0.253 e. The number of carbonyl (C=O) groups is 1. The monoisotopic (exact) mass is 241 g/mol. The lowest BCUT2D eigenvalue weighted by Crippen LogP contribution is -2.34. The Morgan fingerprint density at radius 1 is 1.33 bits per heavy atom. The summed E-state index contributed by atoms with van der Waals surface area (Å²) in [4.78, 5) is 16.0. The Balaban J connectivity index is 2.11. The number of benzene rings is 1. The number of nitrogens with one attached hydrogen (secondary N) is 1. The second-order valence-corrected chi connectivity index (χ2v) is 4.14. The molecule has 18 heavy (non-hydrogen) atoms. The lowest BCUT2D eigenvalue weighted by molar-refractivity contribution is -0.117. The number of hydrazine groups is 1. The molecule has 0 unspecified atom stereocenters. The maximum absolute atomic E-state index is 11.7. The van der Waals surface area contributed by atoms with E-state index in [0.717, 1.165) is 5.39 Å². The molecule has 2 heterocycles. The Morgan fingerprint density at radius 2 is 2.17 bits per heavy atom. The highest BCUT2D eigenvalue weighted by atomic mass is 16.3. The number of nitrogens with zero attached hydrogens (tertiary/aromatic N) is 2. The zero-order valence-electron chi connectivity index (χ0n) is 9.55. The van der Waals surface area contributed by atoms with Crippen molar-refractivity contribution >= 4 is 22.6 Å². The topological polar surface area (TPSA) is 65.5 Å². The fourth-order valence-corrected chi connectivity index (χ4v) is 1.95. The van der Waals surface area contributed by atoms with Crippen LogP contribution in [0.3, 0.4) is 0 Å². The Kier molecular flexibility index (Phi) is 2.19. The van der Waals surface area contributed by atoms with Crippen LogP contribution < -0.4 is 10.4 Å². The molecule has 1 aromatic heterocycles. The standard InChI is InChI=1S/C13H11N3O2/c1-8-7-12(18)16(15-8)11-6-5-9-3-2-4-10(17)13(9)14-11/h2-6,15,17H,1,7H2. The van der Waals surface area contributed by atoms with Gasteiger partial charge in [-0.05, 0) is 18.2 Å². The number of hydrogen-bond donors (Lipinski definition) is 2. The fraction of sp³-hybridized carbons (Fsp3) is 0.0769. The zero-order chi connectivity index (χ0) is 12.7. The molecule has 1 saturated heterocycles. The van der Waals surface area contributed by atoms with Crippen LogP contribution in [0, 0.1) is 0 Å². The molecule has 5 heteroatoms. The van der Waals surface area contributed by atoms with Gasteiger partial charge in [0.15, 0.2) is 5.82 Å². The summed E-state index contributed by atoms with van der Waals surface area (Å²) in [6.45, 7) is 3.71. The van der Waals surface area contributed by atoms with Crippen LogP contribution in [0.1, 0.15) is 6.42 Å². The van der Waals surface area contributed by atoms with E-state index in [1.54, 1.807) is 18.2 Å². The second kappa shape index (κ2) is 3.73. The average molecular weight is 241 g/mol. The van der Waals surface area contributed by atoms with Gasteiger partial charge in [0.05, 0.1) is 6.42 Å². The molecule has 3 rings (SSSR count). The van der Waals surface area contributed by atoms with Crippen LogP contribution in [0.4, 0.5) is 5.82 Å². The van der Waals surface area contributed by atoms with E-state index in [1.165, 1.54) is 5.01 Å². The van der Waals surface area contributed by atoms with Crippen molar-refractivity contribution in [1.82, 2.24) is 10.4 Å². The van der Waals surface area contributed by atoms with E-state index in [1.807, 2.05) is 12.1 Å². The number of rotatable bonds is 1. The first kappa shape index (κ1) is 10.6. The molecule has 1 aromatic carbocycles. The summed E-state index contributed by atoms with van der Waals surface area (Å²) in [5.74, 6) is 0.440. The van der Waals surface area contributed by atoms with Gasteiger partial charge in [0.1, 0.15) is 11.3 Å². The Labute approximate surface area is 103 Å². The average Bonchev–Trinajstić information content (AvgIpc) is 2.69. The van der Waals surface area contributed by atoms with Gasteiger partial charge in [0.25, 0.3) is 5.91 Å². The van der Waals surface area contributed by atoms with Gasteiger partial charge >= 0.3 is 0 Å². The van der Waals surface area contributed by atoms with Gasteiger partial charge in [-0.1, -0.05) is 18.7 Å². The summed E-state index contributed by atoms with van der Waals surface area (Å²) in [7, 11) is 0. The van der Waals surface area contributed by atoms with Crippen LogP contribution in [-0.2, 0) is 4.79 Å². The number of hydrogen-bond acceptors (Lipinski definition) is 4. The highest BCUT2D eigenvalue weighted by Gasteiger charge is 2.25. The van der Waals surface area contributed by atoms with E-state index < -0.39 is 0 Å². The molecule has 1 aliphatic rings. The minimum atomic E-state index is -0.109. The van der Waals surface area contributed by atoms with E-state index in [2.05, 4.69) is 17.0 Å². The highest BCUT2D eigenvalue weighted by Crippen LogP contribution is 2.26. The van der Waals surface area contributed by atoms with E-state index in [9.17, 15) is 9.90 Å². The van der Waals surface area contributed by atoms with E-state index >= 15 is 0 Å². The highest BCUT2D eigenvalue weighted by molar-refractivity contribution is 5.97. The van der Waals surface area contributed by atoms with Gasteiger partial charge in [0, 0.05) is 11.1 Å². The molecular weight excluding hydrogens is 230 g/mol. The van der Waals surface area contributed by atoms with Crippen LogP contribution in [-0.4, -0.2) is 16.0 Å². The number of aromatic hydroxyl groups is 1. The van der Waals surface area contributed by atoms with Gasteiger partial charge in [-0.25, -0.2) is 9.99 Å². The zero-order valence-corrected chi connectivity index (χ0v) is 9.55. The molecule has 2 aromatic rings. The number of para-hydroxylation sites is 1. The van der Waals surface area contributed by atoms with Crippen LogP contribution in [0.2, 0.25) is 0 Å². The molecule has 1 aliphatic heterocycles. The Hall–Kier alpha value is -2.56. The molecule has 0 spiro atoms. The molecule has 0 bridgehead atoms. The minimum absolute atomic E-state index is 0.0971. The normalized spacial score (nSPS) is 15.2. The lowest BCUT2D eigenvalue weighted by Gasteiger charge is -2.15. The summed E-state index contributed by atoms with van der Waals surface area (Å²) >= 11 is 0. The molecule has 2 N–H and O–H groups in total. The van der Waals surface area contributed by atoms with Crippen molar-refractivity contribution in [3.05, 3.63) is 42.6 Å². The van der Waals surface area contributed by atoms with Gasteiger partial charge in [-0.15, -0.1) is 0 Å². The SMILES string of the molecule is C=C1CC(=O)N(c2ccc3cccc(O)c3n2)N1. The maximum atomic E-state index is 11.7. The van der Waals surface area contributed by atoms with Crippen molar-refractivity contribution in [3.8, 4) is 5.75 Å². The largest absolute Gasteiger partial charge is 0.506 e. The molecule has 0 saturated carbocycles. The van der Waals surface area contributed by atoms with Crippen LogP contribution in [0.15, 0.2) is 42.6 Å². The number of amides is 1. The molecule has 0 atom stereocenters. The lowest BCUT2D eigenvalue weighted by atomic mass is 10.2. The number of carbonyl (C=O) groups excluding carboxylic acids is 1. The third kappa shape index (κ3) is 1.57. The Morgan fingerprint density at radius 3 is 2.89 bits per heavy atom. The first-order valence-corrected chi connectivity index (χ1v) is 5.51. The van der Waals surface area contributed by atoms with Gasteiger partial charge in [0.2, 0.25) is 0 Å². The van der Waals surface area contributed by atoms with E-state index in [4.69, 9.17) is 0 Å². The number of phenols is 1. The van der Waals surface area contributed by atoms with Crippen LogP contribution in [0.25, 0.3) is 10.9 Å². The molecule has 1 amide bonds. The Bertz CT molecular complexity index is 666. The summed E-state index contributed by atoms with van der Waals surface area (Å²) < 4.78 is 0. The number of pyridine rings is 1. The van der Waals surface area contributed by atoms with Crippen LogP contribution in [0.5, 0.6) is 5.75 Å². The maximum Gasteiger partial charge on any atom is 0.253 e.